The first-order valence-corrected chi connectivity index (χ1v) is 13.5. The van der Waals surface area contributed by atoms with Crippen LogP contribution in [-0.2, 0) is 0 Å². The van der Waals surface area contributed by atoms with Gasteiger partial charge in [-0.25, -0.2) is 0 Å². The first-order chi connectivity index (χ1) is 14.6. The summed E-state index contributed by atoms with van der Waals surface area (Å²) in [7, 11) is 0. The largest absolute Gasteiger partial charge is 3.00 e. The van der Waals surface area contributed by atoms with Crippen LogP contribution < -0.4 is 24.6 Å². The number of hydrogen-bond acceptors (Lipinski definition) is 1. The van der Waals surface area contributed by atoms with Gasteiger partial charge in [0, 0.05) is 0 Å². The fraction of sp³-hybridized carbons (Fsp3) is 0.833. The smallest absolute Gasteiger partial charge is 1.00 e. The maximum absolute atomic E-state index is 6.41. The van der Waals surface area contributed by atoms with Crippen LogP contribution in [0, 0.1) is 52.3 Å². The van der Waals surface area contributed by atoms with Gasteiger partial charge in [0.2, 0.25) is 0 Å². The molecule has 0 saturated heterocycles. The molecule has 0 spiro atoms. The molecule has 1 nitrogen and oxygen atoms in total. The molecule has 4 aliphatic carbocycles. The molecule has 0 radical (unpaired) electrons. The van der Waals surface area contributed by atoms with Crippen molar-refractivity contribution in [2.75, 3.05) is 6.54 Å². The second-order valence-electron chi connectivity index (χ2n) is 13.2. The topological polar surface area (TPSA) is 26.0 Å². The Labute approximate surface area is 233 Å². The van der Waals surface area contributed by atoms with Crippen LogP contribution in [0.25, 0.3) is 0 Å². The van der Waals surface area contributed by atoms with E-state index in [4.69, 9.17) is 5.73 Å². The van der Waals surface area contributed by atoms with Gasteiger partial charge in [-0.05, 0) is 84.3 Å². The van der Waals surface area contributed by atoms with E-state index in [0.29, 0.717) is 22.2 Å². The zero-order valence-corrected chi connectivity index (χ0v) is 24.4. The van der Waals surface area contributed by atoms with Gasteiger partial charge in [-0.15, -0.1) is 0 Å². The van der Waals surface area contributed by atoms with E-state index in [1.807, 2.05) is 5.57 Å². The third kappa shape index (κ3) is 4.93. The van der Waals surface area contributed by atoms with Crippen LogP contribution in [0.15, 0.2) is 22.8 Å². The number of hydrogen-bond donors (Lipinski definition) is 1. The molecule has 0 aromatic carbocycles. The van der Waals surface area contributed by atoms with E-state index in [1.54, 1.807) is 11.1 Å². The van der Waals surface area contributed by atoms with Gasteiger partial charge in [0.1, 0.15) is 0 Å². The minimum atomic E-state index is 0. The van der Waals surface area contributed by atoms with Gasteiger partial charge < -0.3 is 16.4 Å². The van der Waals surface area contributed by atoms with Gasteiger partial charge in [-0.3, -0.25) is 0 Å². The summed E-state index contributed by atoms with van der Waals surface area (Å²) in [5.41, 5.74) is 12.8. The molecule has 0 heterocycles. The molecule has 3 heteroatoms. The monoisotopic (exact) mass is 461 g/mol. The van der Waals surface area contributed by atoms with Crippen molar-refractivity contribution in [1.29, 1.82) is 0 Å². The van der Waals surface area contributed by atoms with Crippen LogP contribution in [0.4, 0.5) is 0 Å². The predicted octanol–water partition coefficient (Wildman–Crippen LogP) is 5.08. The molecule has 0 amide bonds. The van der Waals surface area contributed by atoms with Crippen molar-refractivity contribution in [3.63, 3.8) is 0 Å². The third-order valence-corrected chi connectivity index (χ3v) is 10.7. The normalized spacial score (nSPS) is 37.8. The van der Waals surface area contributed by atoms with Gasteiger partial charge in [0.25, 0.3) is 0 Å². The first kappa shape index (κ1) is 29.8. The molecular weight excluding hydrogens is 408 g/mol. The van der Waals surface area contributed by atoms with Crippen molar-refractivity contribution < 1.29 is 23.1 Å². The maximum Gasteiger partial charge on any atom is 3.00 e. The number of fused-ring (bicyclic) bond motifs is 4. The maximum atomic E-state index is 6.41. The Balaban J connectivity index is 0. The van der Waals surface area contributed by atoms with Crippen molar-refractivity contribution in [2.45, 2.75) is 106 Å². The molecule has 0 bridgehead atoms. The Kier molecular flexibility index (Phi) is 9.84. The molecule has 0 aliphatic heterocycles. The zero-order valence-electron chi connectivity index (χ0n) is 26.3. The van der Waals surface area contributed by atoms with Crippen LogP contribution in [0.2, 0.25) is 0 Å². The van der Waals surface area contributed by atoms with Gasteiger partial charge in [-0.2, -0.15) is 11.8 Å². The molecule has 0 unspecified atom stereocenters. The van der Waals surface area contributed by atoms with E-state index in [0.717, 1.165) is 30.2 Å². The van der Waals surface area contributed by atoms with E-state index < -0.39 is 0 Å². The summed E-state index contributed by atoms with van der Waals surface area (Å²) >= 11 is 0. The SMILES string of the molecule is CC(C)CCC[C@@H](C)[C@H]1CC=C2C3=C(CC[C@@]21C)[C@@]1(C)[C@@H](CN)C[CH-]C(C)(C)[C@@H]1CC3.[Al+3].[H-].[H-].[H-].[Li+]. The van der Waals surface area contributed by atoms with Crippen molar-refractivity contribution in [1.82, 2.24) is 0 Å². The number of nitrogens with two attached hydrogens (primary N) is 1. The molecule has 2 N–H and O–H groups in total. The average Bonchev–Trinajstić information content (AvgIpc) is 3.04. The summed E-state index contributed by atoms with van der Waals surface area (Å²) in [6.07, 6.45) is 17.3. The molecule has 1 fully saturated rings. The van der Waals surface area contributed by atoms with Crippen molar-refractivity contribution in [3.05, 3.63) is 29.2 Å². The van der Waals surface area contributed by atoms with E-state index >= 15 is 0 Å². The number of rotatable bonds is 6. The second-order valence-corrected chi connectivity index (χ2v) is 13.2. The standard InChI is InChI=1S/C30H50N.Al.Li.3H/c1-20(2)9-8-10-21(3)24-12-13-25-23-11-14-27-28(4,5)17-15-22(19-31)30(27,7)26(23)16-18-29(24,25)6;;;;;/h13,17,20-22,24,27H,8-12,14-16,18-19,31H2,1-7H3;;;;;/q-1;+3;+1;3*-1/t21-,22-,24-,27+,29-,30-;;;;;/m1...../s1. The summed E-state index contributed by atoms with van der Waals surface area (Å²) in [5.74, 6) is 3.89. The van der Waals surface area contributed by atoms with Crippen molar-refractivity contribution in [3.8, 4) is 0 Å². The second kappa shape index (κ2) is 10.9. The molecule has 1 saturated carbocycles. The van der Waals surface area contributed by atoms with Crippen LogP contribution in [0.5, 0.6) is 0 Å². The van der Waals surface area contributed by atoms with E-state index in [2.05, 4.69) is 61.0 Å². The molecular formula is C30H53AlLiN. The summed E-state index contributed by atoms with van der Waals surface area (Å²) < 4.78 is 0. The summed E-state index contributed by atoms with van der Waals surface area (Å²) in [4.78, 5) is 0. The molecule has 4 rings (SSSR count). The molecule has 0 aromatic rings. The van der Waals surface area contributed by atoms with Crippen LogP contribution in [0.1, 0.15) is 111 Å². The van der Waals surface area contributed by atoms with Gasteiger partial charge >= 0.3 is 36.2 Å². The van der Waals surface area contributed by atoms with Crippen LogP contribution in [-0.4, -0.2) is 23.9 Å². The fourth-order valence-electron chi connectivity index (χ4n) is 8.86. The molecule has 4 aliphatic rings. The average molecular weight is 462 g/mol. The Hall–Kier alpha value is 0.570. The fourth-order valence-corrected chi connectivity index (χ4v) is 8.86. The summed E-state index contributed by atoms with van der Waals surface area (Å²) in [6, 6.07) is 0. The Morgan fingerprint density at radius 2 is 1.82 bits per heavy atom. The first-order valence-electron chi connectivity index (χ1n) is 13.5. The minimum absolute atomic E-state index is 0. The summed E-state index contributed by atoms with van der Waals surface area (Å²) in [6.45, 7) is 18.4. The number of allylic oxidation sites excluding steroid dienone is 4. The predicted molar refractivity (Wildman–Crippen MR) is 144 cm³/mol. The van der Waals surface area contributed by atoms with Gasteiger partial charge in [0.05, 0.1) is 0 Å². The summed E-state index contributed by atoms with van der Waals surface area (Å²) in [5, 5.41) is 0. The van der Waals surface area contributed by atoms with E-state index in [9.17, 15) is 0 Å². The van der Waals surface area contributed by atoms with Crippen molar-refractivity contribution >= 4 is 17.4 Å². The molecule has 0 aromatic heterocycles. The van der Waals surface area contributed by atoms with E-state index in [-0.39, 0.29) is 40.5 Å². The molecule has 182 valence electrons. The Bertz CT molecular complexity index is 767. The van der Waals surface area contributed by atoms with E-state index in [1.165, 1.54) is 57.8 Å². The Morgan fingerprint density at radius 3 is 2.45 bits per heavy atom. The van der Waals surface area contributed by atoms with Crippen LogP contribution >= 0.6 is 0 Å². The van der Waals surface area contributed by atoms with Crippen LogP contribution in [0.3, 0.4) is 0 Å². The van der Waals surface area contributed by atoms with Gasteiger partial charge in [0.15, 0.2) is 0 Å². The van der Waals surface area contributed by atoms with Crippen molar-refractivity contribution in [2.24, 2.45) is 51.6 Å². The Morgan fingerprint density at radius 1 is 1.12 bits per heavy atom. The zero-order chi connectivity index (χ0) is 22.6. The third-order valence-electron chi connectivity index (χ3n) is 10.7. The van der Waals surface area contributed by atoms with Gasteiger partial charge in [-0.1, -0.05) is 85.3 Å². The quantitative estimate of drug-likeness (QED) is 0.433. The molecule has 33 heavy (non-hydrogen) atoms. The molecule has 6 atom stereocenters. The minimum Gasteiger partial charge on any atom is -1.00 e.